The summed E-state index contributed by atoms with van der Waals surface area (Å²) in [4.78, 5) is 23.4. The number of hydrogen-bond donors (Lipinski definition) is 1. The van der Waals surface area contributed by atoms with Gasteiger partial charge in [0.2, 0.25) is 11.8 Å². The summed E-state index contributed by atoms with van der Waals surface area (Å²) in [5.41, 5.74) is 0.317. The number of anilines is 1. The first-order chi connectivity index (χ1) is 9.51. The molecule has 0 saturated carbocycles. The lowest BCUT2D eigenvalue weighted by atomic mass is 10.1. The van der Waals surface area contributed by atoms with E-state index in [0.717, 1.165) is 10.4 Å². The zero-order chi connectivity index (χ0) is 14.7. The van der Waals surface area contributed by atoms with Crippen LogP contribution in [0.3, 0.4) is 0 Å². The van der Waals surface area contributed by atoms with Crippen LogP contribution in [0.25, 0.3) is 0 Å². The average Bonchev–Trinajstić information content (AvgIpc) is 2.98. The summed E-state index contributed by atoms with van der Waals surface area (Å²) in [5, 5.41) is 13.6. The minimum absolute atomic E-state index is 0.205. The summed E-state index contributed by atoms with van der Waals surface area (Å²) in [6, 6.07) is 1.65. The van der Waals surface area contributed by atoms with Gasteiger partial charge in [0, 0.05) is 12.6 Å². The average molecular weight is 280 g/mol. The number of aryl methyl sites for hydroxylation is 1. The number of rotatable bonds is 5. The Kier molecular flexibility index (Phi) is 3.97. The predicted octanol–water partition coefficient (Wildman–Crippen LogP) is 0.210. The van der Waals surface area contributed by atoms with Gasteiger partial charge in [0.15, 0.2) is 0 Å². The first kappa shape index (κ1) is 14.0. The largest absolute Gasteiger partial charge is 0.364 e. The van der Waals surface area contributed by atoms with Gasteiger partial charge in [-0.1, -0.05) is 19.0 Å². The van der Waals surface area contributed by atoms with E-state index in [2.05, 4.69) is 20.9 Å². The van der Waals surface area contributed by atoms with Crippen molar-refractivity contribution in [1.29, 1.82) is 0 Å². The highest BCUT2D eigenvalue weighted by molar-refractivity contribution is 5.89. The first-order valence-electron chi connectivity index (χ1n) is 6.28. The highest BCUT2D eigenvalue weighted by Crippen LogP contribution is 2.17. The molecule has 1 N–H and O–H groups in total. The van der Waals surface area contributed by atoms with Crippen molar-refractivity contribution >= 4 is 11.8 Å². The van der Waals surface area contributed by atoms with Crippen molar-refractivity contribution in [3.05, 3.63) is 22.2 Å². The van der Waals surface area contributed by atoms with E-state index in [0.29, 0.717) is 6.54 Å². The molecule has 0 bridgehead atoms. The van der Waals surface area contributed by atoms with E-state index in [-0.39, 0.29) is 18.3 Å². The first-order valence-corrected chi connectivity index (χ1v) is 6.28. The zero-order valence-corrected chi connectivity index (χ0v) is 11.5. The molecule has 0 fully saturated rings. The third kappa shape index (κ3) is 2.92. The molecule has 0 saturated heterocycles. The van der Waals surface area contributed by atoms with Gasteiger partial charge in [-0.05, 0) is 23.3 Å². The van der Waals surface area contributed by atoms with Gasteiger partial charge >= 0.3 is 5.69 Å². The number of carbonyl (C=O) groups excluding carboxylic acids is 1. The Hall–Kier alpha value is -2.45. The molecule has 2 aromatic rings. The van der Waals surface area contributed by atoms with Gasteiger partial charge in [-0.2, -0.15) is 9.36 Å². The van der Waals surface area contributed by atoms with Gasteiger partial charge < -0.3 is 4.52 Å². The Morgan fingerprint density at radius 3 is 2.65 bits per heavy atom. The van der Waals surface area contributed by atoms with Crippen molar-refractivity contribution in [3.8, 4) is 0 Å². The maximum atomic E-state index is 11.8. The molecule has 2 aromatic heterocycles. The SMILES string of the molecule is CCn1nnn(CC(=O)Nc2cc(C(C)C)no2)c1=O. The van der Waals surface area contributed by atoms with Crippen LogP contribution >= 0.6 is 0 Å². The van der Waals surface area contributed by atoms with E-state index in [9.17, 15) is 9.59 Å². The molecule has 0 radical (unpaired) electrons. The maximum Gasteiger partial charge on any atom is 0.364 e. The smallest absolute Gasteiger partial charge is 0.338 e. The summed E-state index contributed by atoms with van der Waals surface area (Å²) in [6.45, 7) is 5.87. The molecule has 9 nitrogen and oxygen atoms in total. The highest BCUT2D eigenvalue weighted by Gasteiger charge is 2.13. The molecule has 0 aliphatic carbocycles. The molecule has 0 aromatic carbocycles. The molecule has 20 heavy (non-hydrogen) atoms. The minimum Gasteiger partial charge on any atom is -0.338 e. The van der Waals surface area contributed by atoms with Crippen LogP contribution < -0.4 is 11.0 Å². The fourth-order valence-corrected chi connectivity index (χ4v) is 1.54. The topological polar surface area (TPSA) is 108 Å². The number of amides is 1. The third-order valence-corrected chi connectivity index (χ3v) is 2.67. The van der Waals surface area contributed by atoms with Crippen LogP contribution in [0, 0.1) is 0 Å². The molecule has 0 spiro atoms. The number of hydrogen-bond acceptors (Lipinski definition) is 6. The van der Waals surface area contributed by atoms with Crippen molar-refractivity contribution in [2.75, 3.05) is 5.32 Å². The molecule has 108 valence electrons. The van der Waals surface area contributed by atoms with E-state index in [1.54, 1.807) is 13.0 Å². The second-order valence-electron chi connectivity index (χ2n) is 4.55. The molecule has 0 aliphatic heterocycles. The number of nitrogens with one attached hydrogen (secondary N) is 1. The molecule has 2 rings (SSSR count). The van der Waals surface area contributed by atoms with E-state index < -0.39 is 11.6 Å². The second kappa shape index (κ2) is 5.68. The lowest BCUT2D eigenvalue weighted by molar-refractivity contribution is -0.117. The van der Waals surface area contributed by atoms with Crippen molar-refractivity contribution in [2.24, 2.45) is 0 Å². The van der Waals surface area contributed by atoms with Gasteiger partial charge in [-0.3, -0.25) is 10.1 Å². The lowest BCUT2D eigenvalue weighted by Gasteiger charge is -1.99. The molecule has 2 heterocycles. The second-order valence-corrected chi connectivity index (χ2v) is 4.55. The number of aromatic nitrogens is 5. The van der Waals surface area contributed by atoms with E-state index >= 15 is 0 Å². The summed E-state index contributed by atoms with van der Waals surface area (Å²) in [7, 11) is 0. The van der Waals surface area contributed by atoms with Crippen LogP contribution in [0.2, 0.25) is 0 Å². The van der Waals surface area contributed by atoms with Crippen LogP contribution in [0.4, 0.5) is 5.88 Å². The highest BCUT2D eigenvalue weighted by atomic mass is 16.5. The molecule has 1 amide bonds. The Morgan fingerprint density at radius 1 is 1.40 bits per heavy atom. The summed E-state index contributed by atoms with van der Waals surface area (Å²) < 4.78 is 7.13. The van der Waals surface area contributed by atoms with Crippen LogP contribution in [0.5, 0.6) is 0 Å². The molecular weight excluding hydrogens is 264 g/mol. The van der Waals surface area contributed by atoms with Crippen molar-refractivity contribution in [2.45, 2.75) is 39.8 Å². The third-order valence-electron chi connectivity index (χ3n) is 2.67. The van der Waals surface area contributed by atoms with Crippen molar-refractivity contribution < 1.29 is 9.32 Å². The number of tetrazole rings is 1. The van der Waals surface area contributed by atoms with Crippen LogP contribution in [0.1, 0.15) is 32.4 Å². The summed E-state index contributed by atoms with van der Waals surface area (Å²) in [6.07, 6.45) is 0. The quantitative estimate of drug-likeness (QED) is 0.838. The standard InChI is InChI=1S/C11H16N6O3/c1-4-16-11(19)17(15-14-16)6-9(18)12-10-5-8(7(2)3)13-20-10/h5,7H,4,6H2,1-3H3,(H,12,18). The fourth-order valence-electron chi connectivity index (χ4n) is 1.54. The molecule has 0 unspecified atom stereocenters. The van der Waals surface area contributed by atoms with Gasteiger partial charge in [-0.25, -0.2) is 4.79 Å². The normalized spacial score (nSPS) is 11.0. The Bertz CT molecular complexity index is 653. The molecular formula is C11H16N6O3. The van der Waals surface area contributed by atoms with Gasteiger partial charge in [0.1, 0.15) is 6.54 Å². The van der Waals surface area contributed by atoms with E-state index in [4.69, 9.17) is 4.52 Å². The van der Waals surface area contributed by atoms with Crippen molar-refractivity contribution in [3.63, 3.8) is 0 Å². The maximum absolute atomic E-state index is 11.8. The van der Waals surface area contributed by atoms with E-state index in [1.165, 1.54) is 4.68 Å². The predicted molar refractivity (Wildman–Crippen MR) is 69.2 cm³/mol. The summed E-state index contributed by atoms with van der Waals surface area (Å²) >= 11 is 0. The van der Waals surface area contributed by atoms with E-state index in [1.807, 2.05) is 13.8 Å². The Balaban J connectivity index is 2.01. The van der Waals surface area contributed by atoms with Gasteiger partial charge in [0.05, 0.1) is 5.69 Å². The minimum atomic E-state index is -0.429. The zero-order valence-electron chi connectivity index (χ0n) is 11.5. The van der Waals surface area contributed by atoms with Crippen LogP contribution in [-0.2, 0) is 17.9 Å². The van der Waals surface area contributed by atoms with Gasteiger partial charge in [0.25, 0.3) is 0 Å². The van der Waals surface area contributed by atoms with Crippen LogP contribution in [-0.4, -0.2) is 30.9 Å². The summed E-state index contributed by atoms with van der Waals surface area (Å²) in [5.74, 6) is 0.0211. The lowest BCUT2D eigenvalue weighted by Crippen LogP contribution is -2.29. The fraction of sp³-hybridized carbons (Fsp3) is 0.545. The molecule has 9 heteroatoms. The Morgan fingerprint density at radius 2 is 2.10 bits per heavy atom. The Labute approximate surface area is 114 Å². The van der Waals surface area contributed by atoms with Crippen molar-refractivity contribution in [1.82, 2.24) is 24.9 Å². The molecule has 0 aliphatic rings. The number of nitrogens with zero attached hydrogens (tertiary/aromatic N) is 5. The van der Waals surface area contributed by atoms with Gasteiger partial charge in [-0.15, -0.1) is 0 Å². The number of carbonyl (C=O) groups is 1. The monoisotopic (exact) mass is 280 g/mol. The van der Waals surface area contributed by atoms with Crippen LogP contribution in [0.15, 0.2) is 15.4 Å². The molecule has 0 atom stereocenters.